The molecule has 2 unspecified atom stereocenters. The van der Waals surface area contributed by atoms with Crippen LogP contribution in [0.1, 0.15) is 22.9 Å². The normalized spacial score (nSPS) is 12.7. The lowest BCUT2D eigenvalue weighted by atomic mass is 10.0. The van der Waals surface area contributed by atoms with E-state index in [1.807, 2.05) is 53.2 Å². The molecular weight excluding hydrogens is 589 g/mol. The number of nitrogens with one attached hydrogen (secondary N) is 3. The number of hydrogen-bond donors (Lipinski definition) is 3. The molecule has 2 aromatic heterocycles. The number of alkyl carbamates (subject to hydrolysis) is 1. The second-order valence-corrected chi connectivity index (χ2v) is 11.7. The molecule has 4 rings (SSSR count). The lowest BCUT2D eigenvalue weighted by Gasteiger charge is -2.23. The lowest BCUT2D eigenvalue weighted by molar-refractivity contribution is -0.171. The molecule has 11 nitrogen and oxygen atoms in total. The highest BCUT2D eigenvalue weighted by Crippen LogP contribution is 2.31. The summed E-state index contributed by atoms with van der Waals surface area (Å²) >= 11 is 3.04. The quantitative estimate of drug-likeness (QED) is 0.147. The van der Waals surface area contributed by atoms with Gasteiger partial charge < -0.3 is 15.4 Å². The highest BCUT2D eigenvalue weighted by atomic mass is 32.2. The van der Waals surface area contributed by atoms with Gasteiger partial charge in [0.1, 0.15) is 11.0 Å². The standard InChI is InChI=1S/C27H28N4O7S3/c1-36-27(33)30-22(16-18-7-4-3-5-8-18)25(32)28-21(23-17-40-26(29-23)24-9-6-14-39-24)15-19-10-12-20(13-11-19)31-41(34,35)38-37-2/h3-14,17,21-22,31H,15-16H2,1-2H3,(H,28,32)(H,30,33). The maximum absolute atomic E-state index is 13.6. The van der Waals surface area contributed by atoms with Gasteiger partial charge >= 0.3 is 16.4 Å². The minimum Gasteiger partial charge on any atom is -0.453 e. The monoisotopic (exact) mass is 616 g/mol. The van der Waals surface area contributed by atoms with Gasteiger partial charge in [-0.25, -0.2) is 14.7 Å². The highest BCUT2D eigenvalue weighted by Gasteiger charge is 2.26. The molecule has 0 saturated heterocycles. The van der Waals surface area contributed by atoms with E-state index >= 15 is 0 Å². The van der Waals surface area contributed by atoms with Crippen LogP contribution in [0.2, 0.25) is 0 Å². The zero-order valence-electron chi connectivity index (χ0n) is 22.1. The number of methoxy groups -OCH3 is 1. The summed E-state index contributed by atoms with van der Waals surface area (Å²) in [4.78, 5) is 35.7. The zero-order chi connectivity index (χ0) is 29.2. The van der Waals surface area contributed by atoms with E-state index in [2.05, 4.69) is 24.6 Å². The number of carbonyl (C=O) groups excluding carboxylic acids is 2. The molecule has 0 fully saturated rings. The van der Waals surface area contributed by atoms with Gasteiger partial charge in [0.25, 0.3) is 0 Å². The predicted octanol–water partition coefficient (Wildman–Crippen LogP) is 4.47. The highest BCUT2D eigenvalue weighted by molar-refractivity contribution is 7.88. The molecule has 4 aromatic rings. The Labute approximate surface area is 245 Å². The van der Waals surface area contributed by atoms with E-state index in [0.29, 0.717) is 12.1 Å². The van der Waals surface area contributed by atoms with Crippen molar-refractivity contribution in [1.29, 1.82) is 0 Å². The van der Waals surface area contributed by atoms with Gasteiger partial charge in [0.15, 0.2) is 0 Å². The van der Waals surface area contributed by atoms with Crippen LogP contribution in [0.25, 0.3) is 9.88 Å². The number of nitrogens with zero attached hydrogens (tertiary/aromatic N) is 1. The maximum atomic E-state index is 13.6. The summed E-state index contributed by atoms with van der Waals surface area (Å²) in [5.74, 6) is -0.406. The number of rotatable bonds is 13. The molecule has 0 aliphatic heterocycles. The van der Waals surface area contributed by atoms with Crippen LogP contribution >= 0.6 is 22.7 Å². The van der Waals surface area contributed by atoms with Gasteiger partial charge in [0, 0.05) is 11.8 Å². The second-order valence-electron chi connectivity index (χ2n) is 8.69. The third-order valence-electron chi connectivity index (χ3n) is 5.80. The van der Waals surface area contributed by atoms with Crippen LogP contribution in [0.3, 0.4) is 0 Å². The fourth-order valence-corrected chi connectivity index (χ4v) is 6.24. The molecule has 0 saturated carbocycles. The molecule has 2 heterocycles. The van der Waals surface area contributed by atoms with Gasteiger partial charge in [-0.2, -0.15) is 8.42 Å². The average Bonchev–Trinajstić information content (AvgIpc) is 3.66. The molecule has 41 heavy (non-hydrogen) atoms. The van der Waals surface area contributed by atoms with E-state index in [-0.39, 0.29) is 12.1 Å². The molecule has 2 atom stereocenters. The van der Waals surface area contributed by atoms with Crippen molar-refractivity contribution in [2.24, 2.45) is 0 Å². The Morgan fingerprint density at radius 3 is 2.29 bits per heavy atom. The van der Waals surface area contributed by atoms with Gasteiger partial charge in [-0.1, -0.05) is 52.9 Å². The fraction of sp³-hybridized carbons (Fsp3) is 0.222. The first-order chi connectivity index (χ1) is 19.8. The first-order valence-corrected chi connectivity index (χ1v) is 15.4. The van der Waals surface area contributed by atoms with E-state index in [9.17, 15) is 18.0 Å². The SMILES string of the molecule is COOS(=O)(=O)Nc1ccc(CC(NC(=O)C(Cc2ccccc2)NC(=O)OC)c2csc(-c3cccs3)n2)cc1. The number of thiazole rings is 1. The van der Waals surface area contributed by atoms with Crippen molar-refractivity contribution in [1.82, 2.24) is 15.6 Å². The Kier molecular flexibility index (Phi) is 10.4. The average molecular weight is 617 g/mol. The Hall–Kier alpha value is -3.82. The summed E-state index contributed by atoms with van der Waals surface area (Å²) in [5, 5.41) is 10.4. The number of hydrogen-bond acceptors (Lipinski definition) is 10. The van der Waals surface area contributed by atoms with Gasteiger partial charge in [-0.15, -0.1) is 22.7 Å². The molecule has 2 amide bonds. The molecule has 14 heteroatoms. The van der Waals surface area contributed by atoms with Crippen molar-refractivity contribution >= 4 is 50.7 Å². The largest absolute Gasteiger partial charge is 0.453 e. The Balaban J connectivity index is 1.57. The van der Waals surface area contributed by atoms with Gasteiger partial charge in [-0.05, 0) is 41.1 Å². The van der Waals surface area contributed by atoms with Crippen molar-refractivity contribution in [3.8, 4) is 9.88 Å². The summed E-state index contributed by atoms with van der Waals surface area (Å²) in [6.07, 6.45) is -0.122. The van der Waals surface area contributed by atoms with E-state index < -0.39 is 34.4 Å². The van der Waals surface area contributed by atoms with E-state index in [1.54, 1.807) is 35.6 Å². The number of amides is 2. The number of carbonyl (C=O) groups is 2. The zero-order valence-corrected chi connectivity index (χ0v) is 24.6. The van der Waals surface area contributed by atoms with Crippen LogP contribution < -0.4 is 15.4 Å². The molecule has 0 spiro atoms. The van der Waals surface area contributed by atoms with Crippen LogP contribution in [-0.2, 0) is 41.9 Å². The number of anilines is 1. The number of ether oxygens (including phenoxy) is 1. The molecule has 0 radical (unpaired) electrons. The molecule has 0 aliphatic rings. The molecular formula is C27H28N4O7S3. The summed E-state index contributed by atoms with van der Waals surface area (Å²) in [6, 6.07) is 18.4. The number of benzene rings is 2. The molecule has 0 bridgehead atoms. The number of aromatic nitrogens is 1. The van der Waals surface area contributed by atoms with Gasteiger partial charge in [0.05, 0.1) is 36.5 Å². The minimum atomic E-state index is -4.13. The Morgan fingerprint density at radius 1 is 0.902 bits per heavy atom. The number of thiophene rings is 1. The predicted molar refractivity (Wildman–Crippen MR) is 157 cm³/mol. The summed E-state index contributed by atoms with van der Waals surface area (Å²) in [6.45, 7) is 0. The molecule has 216 valence electrons. The van der Waals surface area contributed by atoms with Crippen molar-refractivity contribution < 1.29 is 32.0 Å². The third kappa shape index (κ3) is 8.83. The van der Waals surface area contributed by atoms with Crippen molar-refractivity contribution in [3.05, 3.63) is 94.3 Å². The lowest BCUT2D eigenvalue weighted by Crippen LogP contribution is -2.49. The smallest absolute Gasteiger partial charge is 0.407 e. The summed E-state index contributed by atoms with van der Waals surface area (Å²) in [7, 11) is -1.80. The van der Waals surface area contributed by atoms with Crippen LogP contribution in [0.15, 0.2) is 77.5 Å². The second kappa shape index (κ2) is 14.2. The van der Waals surface area contributed by atoms with Crippen molar-refractivity contribution in [2.45, 2.75) is 24.9 Å². The first kappa shape index (κ1) is 30.1. The maximum Gasteiger partial charge on any atom is 0.407 e. The van der Waals surface area contributed by atoms with E-state index in [4.69, 9.17) is 9.72 Å². The molecule has 0 aliphatic carbocycles. The Morgan fingerprint density at radius 2 is 1.63 bits per heavy atom. The van der Waals surface area contributed by atoms with Gasteiger partial charge in [-0.3, -0.25) is 9.52 Å². The van der Waals surface area contributed by atoms with E-state index in [1.165, 1.54) is 18.4 Å². The first-order valence-electron chi connectivity index (χ1n) is 12.3. The van der Waals surface area contributed by atoms with Gasteiger partial charge in [0.2, 0.25) is 5.91 Å². The molecule has 3 N–H and O–H groups in total. The Bertz CT molecular complexity index is 1530. The summed E-state index contributed by atoms with van der Waals surface area (Å²) < 4.78 is 34.8. The topological polar surface area (TPSA) is 145 Å². The van der Waals surface area contributed by atoms with Crippen molar-refractivity contribution in [3.63, 3.8) is 0 Å². The molecule has 2 aromatic carbocycles. The summed E-state index contributed by atoms with van der Waals surface area (Å²) in [5.41, 5.74) is 2.59. The van der Waals surface area contributed by atoms with Crippen molar-refractivity contribution in [2.75, 3.05) is 18.9 Å². The van der Waals surface area contributed by atoms with Crippen LogP contribution in [0, 0.1) is 0 Å². The third-order valence-corrected chi connectivity index (χ3v) is 8.50. The van der Waals surface area contributed by atoms with Crippen LogP contribution in [0.4, 0.5) is 10.5 Å². The van der Waals surface area contributed by atoms with E-state index in [0.717, 1.165) is 28.1 Å². The fourth-order valence-electron chi connectivity index (χ4n) is 3.92. The minimum absolute atomic E-state index is 0.254. The van der Waals surface area contributed by atoms with Crippen LogP contribution in [-0.4, -0.2) is 45.7 Å². The van der Waals surface area contributed by atoms with Crippen LogP contribution in [0.5, 0.6) is 0 Å².